The van der Waals surface area contributed by atoms with Crippen LogP contribution in [0.1, 0.15) is 26.3 Å². The van der Waals surface area contributed by atoms with E-state index in [0.717, 1.165) is 27.1 Å². The van der Waals surface area contributed by atoms with Gasteiger partial charge in [0.05, 0.1) is 5.39 Å². The fourth-order valence-corrected chi connectivity index (χ4v) is 3.39. The standard InChI is InChI=1S/C18H21N3OP2/c1-18(2,3)11-8-19-16(20-9-11)12-7-10-5-6-21(4)17(22)13(10)15(24)14(12)23/h5-9H,23-24H2,1-4H3. The average molecular weight is 357 g/mol. The fraction of sp³-hybridized carbons (Fsp3) is 0.278. The summed E-state index contributed by atoms with van der Waals surface area (Å²) >= 11 is 0. The fourth-order valence-electron chi connectivity index (χ4n) is 2.59. The number of hydrogen-bond acceptors (Lipinski definition) is 3. The normalized spacial score (nSPS) is 11.9. The van der Waals surface area contributed by atoms with Crippen LogP contribution in [0.25, 0.3) is 22.2 Å². The topological polar surface area (TPSA) is 47.8 Å². The zero-order valence-corrected chi connectivity index (χ0v) is 16.6. The minimum atomic E-state index is -0.00301. The third-order valence-corrected chi connectivity index (χ3v) is 5.76. The third kappa shape index (κ3) is 2.90. The lowest BCUT2D eigenvalue weighted by molar-refractivity contribution is 0.584. The molecule has 0 saturated carbocycles. The molecule has 0 radical (unpaired) electrons. The maximum atomic E-state index is 12.4. The number of nitrogens with zero attached hydrogens (tertiary/aromatic N) is 3. The van der Waals surface area contributed by atoms with E-state index in [0.29, 0.717) is 11.2 Å². The van der Waals surface area contributed by atoms with Crippen molar-refractivity contribution in [3.05, 3.63) is 46.6 Å². The van der Waals surface area contributed by atoms with Crippen molar-refractivity contribution < 1.29 is 0 Å². The summed E-state index contributed by atoms with van der Waals surface area (Å²) in [6.45, 7) is 6.41. The molecule has 0 aliphatic heterocycles. The third-order valence-electron chi connectivity index (χ3n) is 4.21. The molecule has 4 nitrogen and oxygen atoms in total. The Bertz CT molecular complexity index is 986. The van der Waals surface area contributed by atoms with Crippen molar-refractivity contribution in [2.45, 2.75) is 26.2 Å². The van der Waals surface area contributed by atoms with Crippen LogP contribution in [0.4, 0.5) is 0 Å². The molecule has 0 spiro atoms. The summed E-state index contributed by atoms with van der Waals surface area (Å²) in [5.74, 6) is 0.666. The molecule has 2 aromatic heterocycles. The number of aryl methyl sites for hydroxylation is 1. The van der Waals surface area contributed by atoms with Gasteiger partial charge in [-0.3, -0.25) is 4.79 Å². The highest BCUT2D eigenvalue weighted by Gasteiger charge is 2.17. The molecule has 124 valence electrons. The van der Waals surface area contributed by atoms with E-state index in [2.05, 4.69) is 49.2 Å². The molecular weight excluding hydrogens is 336 g/mol. The second-order valence-electron chi connectivity index (χ2n) is 6.99. The summed E-state index contributed by atoms with van der Waals surface area (Å²) in [6.07, 6.45) is 5.54. The van der Waals surface area contributed by atoms with Crippen LogP contribution in [0.15, 0.2) is 35.5 Å². The minimum Gasteiger partial charge on any atom is -0.318 e. The highest BCUT2D eigenvalue weighted by Crippen LogP contribution is 2.24. The molecule has 0 N–H and O–H groups in total. The predicted molar refractivity (Wildman–Crippen MR) is 108 cm³/mol. The quantitative estimate of drug-likeness (QED) is 0.628. The van der Waals surface area contributed by atoms with Crippen LogP contribution in [-0.2, 0) is 12.5 Å². The predicted octanol–water partition coefficient (Wildman–Crippen LogP) is 2.29. The summed E-state index contributed by atoms with van der Waals surface area (Å²) < 4.78 is 1.59. The van der Waals surface area contributed by atoms with Crippen LogP contribution in [0.5, 0.6) is 0 Å². The van der Waals surface area contributed by atoms with Gasteiger partial charge in [-0.05, 0) is 39.1 Å². The van der Waals surface area contributed by atoms with E-state index in [1.54, 1.807) is 17.8 Å². The van der Waals surface area contributed by atoms with Gasteiger partial charge in [-0.25, -0.2) is 9.97 Å². The Labute approximate surface area is 146 Å². The lowest BCUT2D eigenvalue weighted by Gasteiger charge is -2.18. The Morgan fingerprint density at radius 3 is 2.29 bits per heavy atom. The van der Waals surface area contributed by atoms with Gasteiger partial charge in [0, 0.05) is 31.2 Å². The van der Waals surface area contributed by atoms with Gasteiger partial charge in [-0.2, -0.15) is 0 Å². The first-order valence-corrected chi connectivity index (χ1v) is 8.86. The Morgan fingerprint density at radius 1 is 1.08 bits per heavy atom. The van der Waals surface area contributed by atoms with E-state index in [4.69, 9.17) is 0 Å². The van der Waals surface area contributed by atoms with Crippen LogP contribution >= 0.6 is 18.5 Å². The Kier molecular flexibility index (Phi) is 4.32. The molecule has 0 fully saturated rings. The van der Waals surface area contributed by atoms with Crippen LogP contribution < -0.4 is 16.2 Å². The first-order valence-electron chi connectivity index (χ1n) is 7.70. The Morgan fingerprint density at radius 2 is 1.71 bits per heavy atom. The maximum absolute atomic E-state index is 12.4. The number of rotatable bonds is 1. The van der Waals surface area contributed by atoms with E-state index in [9.17, 15) is 4.79 Å². The SMILES string of the molecule is Cn1ccc2cc(-c3ncc(C(C)(C)C)cn3)c(P)c(P)c2c1=O. The van der Waals surface area contributed by atoms with Gasteiger partial charge in [0.25, 0.3) is 5.56 Å². The lowest BCUT2D eigenvalue weighted by Crippen LogP contribution is -2.25. The van der Waals surface area contributed by atoms with Gasteiger partial charge in [-0.1, -0.05) is 20.8 Å². The number of benzene rings is 1. The summed E-state index contributed by atoms with van der Waals surface area (Å²) in [6, 6.07) is 3.93. The van der Waals surface area contributed by atoms with E-state index in [1.807, 2.05) is 24.5 Å². The van der Waals surface area contributed by atoms with E-state index >= 15 is 0 Å². The molecule has 2 unspecified atom stereocenters. The molecule has 2 atom stereocenters. The second-order valence-corrected chi connectivity index (χ2v) is 8.15. The van der Waals surface area contributed by atoms with Crippen LogP contribution in [-0.4, -0.2) is 14.5 Å². The van der Waals surface area contributed by atoms with Crippen molar-refractivity contribution in [2.24, 2.45) is 7.05 Å². The molecular formula is C18H21N3OP2. The molecule has 2 heterocycles. The number of pyridine rings is 1. The van der Waals surface area contributed by atoms with Crippen molar-refractivity contribution in [1.29, 1.82) is 0 Å². The van der Waals surface area contributed by atoms with E-state index in [-0.39, 0.29) is 11.0 Å². The highest BCUT2D eigenvalue weighted by atomic mass is 31.0. The number of fused-ring (bicyclic) bond motifs is 1. The van der Waals surface area contributed by atoms with Gasteiger partial charge in [0.2, 0.25) is 0 Å². The van der Waals surface area contributed by atoms with E-state index < -0.39 is 0 Å². The van der Waals surface area contributed by atoms with Crippen molar-refractivity contribution in [1.82, 2.24) is 14.5 Å². The monoisotopic (exact) mass is 357 g/mol. The Balaban J connectivity index is 2.22. The molecule has 0 aliphatic rings. The van der Waals surface area contributed by atoms with Crippen LogP contribution in [0.2, 0.25) is 0 Å². The van der Waals surface area contributed by atoms with Crippen LogP contribution in [0.3, 0.4) is 0 Å². The summed E-state index contributed by atoms with van der Waals surface area (Å²) in [5.41, 5.74) is 2.03. The molecule has 3 aromatic rings. The average Bonchev–Trinajstić information content (AvgIpc) is 2.53. The largest absolute Gasteiger partial charge is 0.318 e. The smallest absolute Gasteiger partial charge is 0.258 e. The zero-order valence-electron chi connectivity index (χ0n) is 14.3. The Hall–Kier alpha value is -1.63. The van der Waals surface area contributed by atoms with Gasteiger partial charge < -0.3 is 4.57 Å². The van der Waals surface area contributed by atoms with Gasteiger partial charge in [0.15, 0.2) is 5.82 Å². The molecule has 0 aliphatic carbocycles. The molecule has 0 bridgehead atoms. The minimum absolute atomic E-state index is 0.00301. The van der Waals surface area contributed by atoms with Crippen molar-refractivity contribution in [3.63, 3.8) is 0 Å². The van der Waals surface area contributed by atoms with Crippen molar-refractivity contribution in [3.8, 4) is 11.4 Å². The summed E-state index contributed by atoms with van der Waals surface area (Å²) in [5, 5.41) is 3.41. The first kappa shape index (κ1) is 17.2. The number of hydrogen-bond donors (Lipinski definition) is 0. The molecule has 0 saturated heterocycles. The highest BCUT2D eigenvalue weighted by molar-refractivity contribution is 7.37. The number of aromatic nitrogens is 3. The van der Waals surface area contributed by atoms with Gasteiger partial charge >= 0.3 is 0 Å². The van der Waals surface area contributed by atoms with Crippen molar-refractivity contribution >= 4 is 39.9 Å². The molecule has 6 heteroatoms. The zero-order chi connectivity index (χ0) is 17.6. The van der Waals surface area contributed by atoms with Crippen molar-refractivity contribution in [2.75, 3.05) is 0 Å². The first-order chi connectivity index (χ1) is 11.2. The molecule has 24 heavy (non-hydrogen) atoms. The van der Waals surface area contributed by atoms with Gasteiger partial charge in [0.1, 0.15) is 0 Å². The summed E-state index contributed by atoms with van der Waals surface area (Å²) in [4.78, 5) is 21.5. The second kappa shape index (κ2) is 6.02. The lowest BCUT2D eigenvalue weighted by atomic mass is 9.89. The molecule has 3 rings (SSSR count). The van der Waals surface area contributed by atoms with Gasteiger partial charge in [-0.15, -0.1) is 18.5 Å². The van der Waals surface area contributed by atoms with Crippen LogP contribution in [0, 0.1) is 0 Å². The summed E-state index contributed by atoms with van der Waals surface area (Å²) in [7, 11) is 7.16. The molecule has 1 aromatic carbocycles. The van der Waals surface area contributed by atoms with E-state index in [1.165, 1.54) is 0 Å². The molecule has 0 amide bonds. The maximum Gasteiger partial charge on any atom is 0.258 e.